The van der Waals surface area contributed by atoms with Crippen molar-refractivity contribution in [1.29, 1.82) is 0 Å². The number of pyridine rings is 2. The topological polar surface area (TPSA) is 70.8 Å². The SMILES string of the molecule is O=c1cc(OCc2ccc(Cl)cn2)ccn1C1=Cc2ccc(CN3CCN(CCO)CC3)cc2CC1. The Morgan fingerprint density at radius 1 is 1.00 bits per heavy atom. The number of hydrogen-bond donors (Lipinski definition) is 1. The van der Waals surface area contributed by atoms with E-state index in [9.17, 15) is 4.79 Å². The summed E-state index contributed by atoms with van der Waals surface area (Å²) in [4.78, 5) is 21.8. The number of aromatic nitrogens is 2. The van der Waals surface area contributed by atoms with Gasteiger partial charge in [-0.3, -0.25) is 24.1 Å². The first-order valence-electron chi connectivity index (χ1n) is 12.4. The molecule has 1 fully saturated rings. The summed E-state index contributed by atoms with van der Waals surface area (Å²) in [6.07, 6.45) is 7.21. The molecule has 2 aliphatic rings. The highest BCUT2D eigenvalue weighted by Crippen LogP contribution is 2.28. The first-order valence-corrected chi connectivity index (χ1v) is 12.8. The molecule has 188 valence electrons. The molecule has 1 N–H and O–H groups in total. The summed E-state index contributed by atoms with van der Waals surface area (Å²) in [5.41, 5.74) is 5.47. The number of fused-ring (bicyclic) bond motifs is 1. The van der Waals surface area contributed by atoms with Crippen LogP contribution in [0.15, 0.2) is 59.7 Å². The third-order valence-corrected chi connectivity index (χ3v) is 7.07. The maximum Gasteiger partial charge on any atom is 0.258 e. The average Bonchev–Trinajstić information content (AvgIpc) is 2.89. The molecule has 3 heterocycles. The molecule has 0 spiro atoms. The number of aryl methyl sites for hydroxylation is 1. The van der Waals surface area contributed by atoms with Gasteiger partial charge in [0.05, 0.1) is 17.3 Å². The van der Waals surface area contributed by atoms with Crippen LogP contribution in [0.5, 0.6) is 5.75 Å². The van der Waals surface area contributed by atoms with Crippen molar-refractivity contribution in [3.8, 4) is 5.75 Å². The van der Waals surface area contributed by atoms with Crippen LogP contribution < -0.4 is 10.3 Å². The van der Waals surface area contributed by atoms with E-state index in [1.54, 1.807) is 29.1 Å². The van der Waals surface area contributed by atoms with Crippen LogP contribution in [0.1, 0.15) is 28.8 Å². The van der Waals surface area contributed by atoms with E-state index in [0.29, 0.717) is 10.8 Å². The highest BCUT2D eigenvalue weighted by Gasteiger charge is 2.18. The quantitative estimate of drug-likeness (QED) is 0.504. The number of hydrogen-bond acceptors (Lipinski definition) is 6. The summed E-state index contributed by atoms with van der Waals surface area (Å²) in [6.45, 7) is 6.29. The third kappa shape index (κ3) is 6.05. The Kier molecular flexibility index (Phi) is 7.82. The molecule has 2 aromatic heterocycles. The van der Waals surface area contributed by atoms with Crippen LogP contribution in [-0.2, 0) is 19.6 Å². The van der Waals surface area contributed by atoms with Gasteiger partial charge in [-0.25, -0.2) is 0 Å². The zero-order valence-electron chi connectivity index (χ0n) is 20.3. The lowest BCUT2D eigenvalue weighted by Crippen LogP contribution is -2.46. The summed E-state index contributed by atoms with van der Waals surface area (Å²) in [7, 11) is 0. The first kappa shape index (κ1) is 24.7. The van der Waals surface area contributed by atoms with Crippen molar-refractivity contribution in [1.82, 2.24) is 19.4 Å². The van der Waals surface area contributed by atoms with Crippen LogP contribution >= 0.6 is 11.6 Å². The Labute approximate surface area is 216 Å². The van der Waals surface area contributed by atoms with Gasteiger partial charge in [0.25, 0.3) is 5.56 Å². The standard InChI is InChI=1S/C28H31ClN4O3/c29-24-4-5-25(30-18-24)20-36-27-7-8-33(28(35)17-27)26-6-3-22-15-21(1-2-23(22)16-26)19-32-11-9-31(10-12-32)13-14-34/h1-2,4-5,7-8,15-18,34H,3,6,9-14,19-20H2. The van der Waals surface area contributed by atoms with Gasteiger partial charge in [-0.1, -0.05) is 29.8 Å². The Morgan fingerprint density at radius 3 is 2.58 bits per heavy atom. The molecule has 1 aromatic carbocycles. The van der Waals surface area contributed by atoms with Crippen molar-refractivity contribution in [2.24, 2.45) is 0 Å². The Hall–Kier alpha value is -2.97. The molecule has 0 saturated carbocycles. The zero-order valence-corrected chi connectivity index (χ0v) is 21.0. The fourth-order valence-electron chi connectivity index (χ4n) is 4.83. The minimum Gasteiger partial charge on any atom is -0.487 e. The van der Waals surface area contributed by atoms with Crippen LogP contribution in [0.2, 0.25) is 5.02 Å². The van der Waals surface area contributed by atoms with Crippen LogP contribution in [0, 0.1) is 0 Å². The molecule has 0 atom stereocenters. The Morgan fingerprint density at radius 2 is 1.83 bits per heavy atom. The van der Waals surface area contributed by atoms with Crippen molar-refractivity contribution in [3.05, 3.63) is 92.6 Å². The van der Waals surface area contributed by atoms with Gasteiger partial charge in [-0.2, -0.15) is 0 Å². The molecule has 7 nitrogen and oxygen atoms in total. The van der Waals surface area contributed by atoms with E-state index in [1.165, 1.54) is 22.8 Å². The molecule has 0 amide bonds. The number of nitrogens with zero attached hydrogens (tertiary/aromatic N) is 4. The number of aliphatic hydroxyl groups excluding tert-OH is 1. The molecule has 3 aromatic rings. The maximum absolute atomic E-state index is 12.8. The number of β-amino-alcohol motifs (C(OH)–C–C–N with tert-alkyl or cyclic N) is 1. The molecular formula is C28H31ClN4O3. The molecule has 36 heavy (non-hydrogen) atoms. The lowest BCUT2D eigenvalue weighted by Gasteiger charge is -2.34. The van der Waals surface area contributed by atoms with Crippen molar-refractivity contribution < 1.29 is 9.84 Å². The highest BCUT2D eigenvalue weighted by molar-refractivity contribution is 6.30. The molecule has 0 unspecified atom stereocenters. The molecular weight excluding hydrogens is 476 g/mol. The fraction of sp³-hybridized carbons (Fsp3) is 0.357. The maximum atomic E-state index is 12.8. The largest absolute Gasteiger partial charge is 0.487 e. The summed E-state index contributed by atoms with van der Waals surface area (Å²) < 4.78 is 7.45. The molecule has 1 aliphatic heterocycles. The monoisotopic (exact) mass is 506 g/mol. The third-order valence-electron chi connectivity index (χ3n) is 6.84. The van der Waals surface area contributed by atoms with Crippen LogP contribution in [0.3, 0.4) is 0 Å². The smallest absolute Gasteiger partial charge is 0.258 e. The van der Waals surface area contributed by atoms with E-state index in [2.05, 4.69) is 39.1 Å². The second kappa shape index (κ2) is 11.4. The molecule has 0 bridgehead atoms. The summed E-state index contributed by atoms with van der Waals surface area (Å²) >= 11 is 5.87. The number of piperazine rings is 1. The van der Waals surface area contributed by atoms with Crippen molar-refractivity contribution >= 4 is 23.4 Å². The molecule has 0 radical (unpaired) electrons. The van der Waals surface area contributed by atoms with Gasteiger partial charge in [-0.15, -0.1) is 0 Å². The summed E-state index contributed by atoms with van der Waals surface area (Å²) in [5, 5.41) is 9.71. The first-order chi connectivity index (χ1) is 17.6. The predicted octanol–water partition coefficient (Wildman–Crippen LogP) is 3.53. The summed E-state index contributed by atoms with van der Waals surface area (Å²) in [5.74, 6) is 0.520. The number of rotatable bonds is 8. The lowest BCUT2D eigenvalue weighted by atomic mass is 9.93. The van der Waals surface area contributed by atoms with Gasteiger partial charge in [0.15, 0.2) is 0 Å². The van der Waals surface area contributed by atoms with Crippen LogP contribution in [-0.4, -0.2) is 63.8 Å². The Bertz CT molecular complexity index is 1280. The predicted molar refractivity (Wildman–Crippen MR) is 142 cm³/mol. The van der Waals surface area contributed by atoms with Gasteiger partial charge >= 0.3 is 0 Å². The van der Waals surface area contributed by atoms with Crippen molar-refractivity contribution in [2.75, 3.05) is 39.3 Å². The number of allylic oxidation sites excluding steroid dienone is 1. The molecule has 1 saturated heterocycles. The lowest BCUT2D eigenvalue weighted by molar-refractivity contribution is 0.108. The van der Waals surface area contributed by atoms with Crippen molar-refractivity contribution in [2.45, 2.75) is 26.0 Å². The van der Waals surface area contributed by atoms with Crippen LogP contribution in [0.4, 0.5) is 0 Å². The number of halogens is 1. The second-order valence-electron chi connectivity index (χ2n) is 9.34. The van der Waals surface area contributed by atoms with Gasteiger partial charge < -0.3 is 9.84 Å². The second-order valence-corrected chi connectivity index (χ2v) is 9.77. The van der Waals surface area contributed by atoms with Gasteiger partial charge in [0.1, 0.15) is 12.4 Å². The van der Waals surface area contributed by atoms with E-state index < -0.39 is 0 Å². The Balaban J connectivity index is 1.22. The normalized spacial score (nSPS) is 16.4. The van der Waals surface area contributed by atoms with E-state index in [-0.39, 0.29) is 18.8 Å². The number of ether oxygens (including phenoxy) is 1. The van der Waals surface area contributed by atoms with Gasteiger partial charge in [-0.05, 0) is 53.8 Å². The fourth-order valence-corrected chi connectivity index (χ4v) is 4.94. The molecule has 8 heteroatoms. The minimum absolute atomic E-state index is 0.108. The zero-order chi connectivity index (χ0) is 24.9. The minimum atomic E-state index is -0.108. The average molecular weight is 507 g/mol. The number of aliphatic hydroxyl groups is 1. The summed E-state index contributed by atoms with van der Waals surface area (Å²) in [6, 6.07) is 13.6. The van der Waals surface area contributed by atoms with E-state index >= 15 is 0 Å². The molecule has 5 rings (SSSR count). The van der Waals surface area contributed by atoms with Gasteiger partial charge in [0, 0.05) is 63.4 Å². The van der Waals surface area contributed by atoms with Gasteiger partial charge in [0.2, 0.25) is 0 Å². The van der Waals surface area contributed by atoms with E-state index in [0.717, 1.165) is 63.5 Å². The van der Waals surface area contributed by atoms with Crippen LogP contribution in [0.25, 0.3) is 11.8 Å². The number of benzene rings is 1. The van der Waals surface area contributed by atoms with E-state index in [4.69, 9.17) is 21.4 Å². The highest BCUT2D eigenvalue weighted by atomic mass is 35.5. The van der Waals surface area contributed by atoms with Crippen molar-refractivity contribution in [3.63, 3.8) is 0 Å². The van der Waals surface area contributed by atoms with E-state index in [1.807, 2.05) is 6.07 Å². The molecule has 1 aliphatic carbocycles.